The van der Waals surface area contributed by atoms with E-state index in [1.54, 1.807) is 15.5 Å². The number of nitriles is 1. The van der Waals surface area contributed by atoms with Crippen LogP contribution < -0.4 is 15.2 Å². The van der Waals surface area contributed by atoms with Gasteiger partial charge in [-0.1, -0.05) is 18.2 Å². The van der Waals surface area contributed by atoms with Crippen molar-refractivity contribution in [3.05, 3.63) is 69.5 Å². The van der Waals surface area contributed by atoms with Gasteiger partial charge in [0.25, 0.3) is 5.56 Å². The lowest BCUT2D eigenvalue weighted by molar-refractivity contribution is -0.128. The van der Waals surface area contributed by atoms with Crippen molar-refractivity contribution >= 4 is 34.1 Å². The predicted octanol–water partition coefficient (Wildman–Crippen LogP) is 4.58. The Labute approximate surface area is 241 Å². The maximum absolute atomic E-state index is 15.1. The molecule has 214 valence electrons. The van der Waals surface area contributed by atoms with Gasteiger partial charge in [-0.05, 0) is 52.2 Å². The molecule has 1 aromatic heterocycles. The number of halogens is 3. The summed E-state index contributed by atoms with van der Waals surface area (Å²) >= 11 is 6.82. The highest BCUT2D eigenvalue weighted by atomic mass is 35.5. The van der Waals surface area contributed by atoms with Gasteiger partial charge in [-0.2, -0.15) is 5.26 Å². The van der Waals surface area contributed by atoms with Crippen molar-refractivity contribution in [2.75, 3.05) is 45.2 Å². The summed E-state index contributed by atoms with van der Waals surface area (Å²) in [6.45, 7) is 8.62. The quantitative estimate of drug-likeness (QED) is 0.410. The summed E-state index contributed by atoms with van der Waals surface area (Å²) in [5, 5.41) is 11.0. The lowest BCUT2D eigenvalue weighted by atomic mass is 9.96. The molecule has 1 amide bonds. The molecule has 5 rings (SSSR count). The van der Waals surface area contributed by atoms with Crippen LogP contribution in [0, 0.1) is 23.0 Å². The van der Waals surface area contributed by atoms with Crippen LogP contribution in [0.4, 0.5) is 14.5 Å². The molecular formula is C30H30ClF2N5O3. The Kier molecular flexibility index (Phi) is 7.53. The Morgan fingerprint density at radius 2 is 1.98 bits per heavy atom. The standard InChI is InChI=1S/C30H30ClF2N5O3/c1-6-25(39)36-12-17(3)37(13-16(36)2)27-21-10-23(31)26(20-8-7-18(32)9-24(20)33)29-28(21)38(30(40)22(27)11-34)19(15-41-29)14-35(4)5/h6-10,16-17,19H,1,12-15H2,2-5H3/t16-,17+,19+/m1/s1. The molecule has 1 fully saturated rings. The number of nitrogens with zero attached hydrogens (tertiary/aromatic N) is 5. The number of carbonyl (C=O) groups excluding carboxylic acids is 1. The first kappa shape index (κ1) is 28.6. The zero-order valence-electron chi connectivity index (χ0n) is 23.2. The maximum Gasteiger partial charge on any atom is 0.271 e. The first-order valence-corrected chi connectivity index (χ1v) is 13.6. The molecule has 3 atom stereocenters. The minimum absolute atomic E-state index is 0.0304. The molecule has 2 aliphatic rings. The van der Waals surface area contributed by atoms with Gasteiger partial charge < -0.3 is 19.4 Å². The molecule has 2 aromatic carbocycles. The highest BCUT2D eigenvalue weighted by Gasteiger charge is 2.37. The van der Waals surface area contributed by atoms with Crippen LogP contribution in [0.3, 0.4) is 0 Å². The number of rotatable bonds is 5. The number of carbonyl (C=O) groups is 1. The molecule has 0 bridgehead atoms. The van der Waals surface area contributed by atoms with E-state index in [1.807, 2.05) is 37.7 Å². The maximum atomic E-state index is 15.1. The van der Waals surface area contributed by atoms with Crippen LogP contribution in [-0.4, -0.2) is 72.7 Å². The number of amides is 1. The average molecular weight is 582 g/mol. The first-order valence-electron chi connectivity index (χ1n) is 13.3. The van der Waals surface area contributed by atoms with Crippen molar-refractivity contribution < 1.29 is 18.3 Å². The second kappa shape index (κ2) is 10.8. The van der Waals surface area contributed by atoms with E-state index in [0.717, 1.165) is 12.1 Å². The van der Waals surface area contributed by atoms with Crippen LogP contribution >= 0.6 is 11.6 Å². The lowest BCUT2D eigenvalue weighted by Crippen LogP contribution is -2.58. The minimum atomic E-state index is -0.824. The minimum Gasteiger partial charge on any atom is -0.488 e. The highest BCUT2D eigenvalue weighted by Crippen LogP contribution is 2.48. The van der Waals surface area contributed by atoms with E-state index in [-0.39, 0.29) is 52.1 Å². The van der Waals surface area contributed by atoms with E-state index in [2.05, 4.69) is 12.6 Å². The van der Waals surface area contributed by atoms with Gasteiger partial charge in [0.15, 0.2) is 5.75 Å². The fourth-order valence-corrected chi connectivity index (χ4v) is 6.29. The number of ether oxygens (including phenoxy) is 1. The highest BCUT2D eigenvalue weighted by molar-refractivity contribution is 6.35. The van der Waals surface area contributed by atoms with E-state index in [0.29, 0.717) is 36.2 Å². The molecule has 8 nitrogen and oxygen atoms in total. The molecule has 0 radical (unpaired) electrons. The van der Waals surface area contributed by atoms with Gasteiger partial charge in [-0.25, -0.2) is 8.78 Å². The summed E-state index contributed by atoms with van der Waals surface area (Å²) in [5.41, 5.74) is 0.457. The van der Waals surface area contributed by atoms with Crippen LogP contribution in [0.1, 0.15) is 25.5 Å². The van der Waals surface area contributed by atoms with Crippen molar-refractivity contribution in [2.45, 2.75) is 32.0 Å². The third kappa shape index (κ3) is 4.73. The van der Waals surface area contributed by atoms with Crippen LogP contribution in [0.15, 0.2) is 41.7 Å². The summed E-state index contributed by atoms with van der Waals surface area (Å²) in [4.78, 5) is 32.2. The smallest absolute Gasteiger partial charge is 0.271 e. The third-order valence-electron chi connectivity index (χ3n) is 7.78. The fraction of sp³-hybridized carbons (Fsp3) is 0.367. The Morgan fingerprint density at radius 3 is 2.61 bits per heavy atom. The van der Waals surface area contributed by atoms with E-state index < -0.39 is 23.2 Å². The van der Waals surface area contributed by atoms with Crippen molar-refractivity contribution in [1.29, 1.82) is 5.26 Å². The number of likely N-dealkylation sites (N-methyl/N-ethyl adjacent to an activating group) is 1. The molecule has 0 spiro atoms. The van der Waals surface area contributed by atoms with Crippen molar-refractivity contribution in [3.63, 3.8) is 0 Å². The second-order valence-electron chi connectivity index (χ2n) is 10.9. The van der Waals surface area contributed by atoms with Gasteiger partial charge in [-0.15, -0.1) is 0 Å². The van der Waals surface area contributed by atoms with Gasteiger partial charge in [-0.3, -0.25) is 14.2 Å². The predicted molar refractivity (Wildman–Crippen MR) is 155 cm³/mol. The first-order chi connectivity index (χ1) is 19.5. The number of hydrogen-bond donors (Lipinski definition) is 0. The Balaban J connectivity index is 1.84. The molecule has 0 unspecified atom stereocenters. The summed E-state index contributed by atoms with van der Waals surface area (Å²) < 4.78 is 36.7. The topological polar surface area (TPSA) is 81.8 Å². The van der Waals surface area contributed by atoms with E-state index in [1.165, 1.54) is 12.1 Å². The zero-order valence-corrected chi connectivity index (χ0v) is 24.0. The molecule has 0 saturated carbocycles. The average Bonchev–Trinajstić information content (AvgIpc) is 2.92. The molecule has 2 aliphatic heterocycles. The monoisotopic (exact) mass is 581 g/mol. The summed E-state index contributed by atoms with van der Waals surface area (Å²) in [5.74, 6) is -1.57. The van der Waals surface area contributed by atoms with Crippen LogP contribution in [0.5, 0.6) is 5.75 Å². The number of benzene rings is 2. The molecule has 0 N–H and O–H groups in total. The molecule has 3 heterocycles. The number of aromatic nitrogens is 1. The number of anilines is 1. The summed E-state index contributed by atoms with van der Waals surface area (Å²) in [6, 6.07) is 5.99. The molecule has 11 heteroatoms. The normalized spacial score (nSPS) is 20.2. The number of piperazine rings is 1. The molecule has 3 aromatic rings. The second-order valence-corrected chi connectivity index (χ2v) is 11.3. The summed E-state index contributed by atoms with van der Waals surface area (Å²) in [7, 11) is 3.73. The van der Waals surface area contributed by atoms with Gasteiger partial charge >= 0.3 is 0 Å². The van der Waals surface area contributed by atoms with Crippen molar-refractivity contribution in [3.8, 4) is 22.9 Å². The Hall–Kier alpha value is -3.94. The molecule has 41 heavy (non-hydrogen) atoms. The van der Waals surface area contributed by atoms with Gasteiger partial charge in [0.05, 0.1) is 22.3 Å². The zero-order chi connectivity index (χ0) is 29.7. The fourth-order valence-electron chi connectivity index (χ4n) is 6.00. The van der Waals surface area contributed by atoms with E-state index in [4.69, 9.17) is 16.3 Å². The van der Waals surface area contributed by atoms with E-state index >= 15 is 4.39 Å². The molecular weight excluding hydrogens is 552 g/mol. The lowest BCUT2D eigenvalue weighted by Gasteiger charge is -2.46. The number of hydrogen-bond acceptors (Lipinski definition) is 6. The van der Waals surface area contributed by atoms with Gasteiger partial charge in [0, 0.05) is 54.3 Å². The largest absolute Gasteiger partial charge is 0.488 e. The summed E-state index contributed by atoms with van der Waals surface area (Å²) in [6.07, 6.45) is 1.27. The Bertz CT molecular complexity index is 1680. The van der Waals surface area contributed by atoms with Crippen molar-refractivity contribution in [1.82, 2.24) is 14.4 Å². The third-order valence-corrected chi connectivity index (χ3v) is 8.07. The van der Waals surface area contributed by atoms with Crippen molar-refractivity contribution in [2.24, 2.45) is 0 Å². The van der Waals surface area contributed by atoms with Crippen LogP contribution in [0.25, 0.3) is 22.0 Å². The van der Waals surface area contributed by atoms with Crippen LogP contribution in [-0.2, 0) is 4.79 Å². The van der Waals surface area contributed by atoms with Crippen LogP contribution in [0.2, 0.25) is 5.02 Å². The Morgan fingerprint density at radius 1 is 1.24 bits per heavy atom. The van der Waals surface area contributed by atoms with Gasteiger partial charge in [0.2, 0.25) is 5.91 Å². The molecule has 0 aliphatic carbocycles. The SMILES string of the molecule is C=CC(=O)N1C[C@H](C)N(c2c(C#N)c(=O)n3c4c(c(-c5ccc(F)cc5F)c(Cl)cc24)OC[C@@H]3CN(C)C)C[C@H]1C. The van der Waals surface area contributed by atoms with E-state index in [9.17, 15) is 19.2 Å². The number of pyridine rings is 1. The molecule has 1 saturated heterocycles. The van der Waals surface area contributed by atoms with Gasteiger partial charge in [0.1, 0.15) is 29.9 Å².